The molecular weight excluding hydrogens is 415 g/mol. The van der Waals surface area contributed by atoms with E-state index < -0.39 is 10.0 Å². The molecule has 0 saturated heterocycles. The van der Waals surface area contributed by atoms with Gasteiger partial charge in [-0.05, 0) is 55.3 Å². The number of carbonyl (C=O) groups excluding carboxylic acids is 1. The van der Waals surface area contributed by atoms with Crippen LogP contribution in [0, 0.1) is 12.7 Å². The number of rotatable bonds is 5. The molecule has 3 aromatic rings. The second-order valence-corrected chi connectivity index (χ2v) is 9.60. The Balaban J connectivity index is 1.56. The Labute approximate surface area is 181 Å². The van der Waals surface area contributed by atoms with Gasteiger partial charge in [-0.2, -0.15) is 0 Å². The van der Waals surface area contributed by atoms with E-state index in [9.17, 15) is 17.6 Å². The molecule has 7 heteroatoms. The second-order valence-electron chi connectivity index (χ2n) is 7.74. The molecule has 0 aliphatic carbocycles. The number of aryl methyl sites for hydroxylation is 1. The van der Waals surface area contributed by atoms with Crippen molar-refractivity contribution in [1.82, 2.24) is 4.90 Å². The van der Waals surface area contributed by atoms with Gasteiger partial charge in [0.05, 0.1) is 10.6 Å². The van der Waals surface area contributed by atoms with Crippen molar-refractivity contribution in [2.45, 2.75) is 24.8 Å². The molecule has 1 aliphatic rings. The molecule has 3 aromatic carbocycles. The van der Waals surface area contributed by atoms with Crippen molar-refractivity contribution in [3.8, 4) is 0 Å². The summed E-state index contributed by atoms with van der Waals surface area (Å²) < 4.78 is 41.5. The summed E-state index contributed by atoms with van der Waals surface area (Å²) in [4.78, 5) is 14.6. The first-order valence-electron chi connectivity index (χ1n) is 9.98. The maximum atomic E-state index is 13.9. The number of sulfonamides is 1. The van der Waals surface area contributed by atoms with Gasteiger partial charge >= 0.3 is 0 Å². The zero-order chi connectivity index (χ0) is 22.2. The van der Waals surface area contributed by atoms with Gasteiger partial charge in [0.15, 0.2) is 0 Å². The first-order valence-corrected chi connectivity index (χ1v) is 11.4. The number of anilines is 1. The van der Waals surface area contributed by atoms with Crippen LogP contribution in [-0.2, 0) is 23.0 Å². The highest BCUT2D eigenvalue weighted by molar-refractivity contribution is 7.92. The van der Waals surface area contributed by atoms with Crippen molar-refractivity contribution >= 4 is 21.6 Å². The second kappa shape index (κ2) is 8.15. The Kier molecular flexibility index (Phi) is 5.54. The minimum Gasteiger partial charge on any atom is -0.337 e. The predicted molar refractivity (Wildman–Crippen MR) is 118 cm³/mol. The van der Waals surface area contributed by atoms with Gasteiger partial charge in [0.25, 0.3) is 15.9 Å². The number of benzene rings is 3. The van der Waals surface area contributed by atoms with Gasteiger partial charge < -0.3 is 4.90 Å². The molecule has 4 rings (SSSR count). The van der Waals surface area contributed by atoms with Crippen molar-refractivity contribution in [3.63, 3.8) is 0 Å². The summed E-state index contributed by atoms with van der Waals surface area (Å²) in [5.74, 6) is -0.598. The summed E-state index contributed by atoms with van der Waals surface area (Å²) in [6, 6.07) is 18.2. The van der Waals surface area contributed by atoms with Crippen LogP contribution < -0.4 is 4.31 Å². The lowest BCUT2D eigenvalue weighted by molar-refractivity contribution is 0.0784. The lowest BCUT2D eigenvalue weighted by Gasteiger charge is -2.21. The molecule has 1 aliphatic heterocycles. The van der Waals surface area contributed by atoms with Gasteiger partial charge in [-0.1, -0.05) is 35.9 Å². The molecule has 0 N–H and O–H groups in total. The minimum absolute atomic E-state index is 0.149. The monoisotopic (exact) mass is 438 g/mol. The largest absolute Gasteiger partial charge is 0.337 e. The van der Waals surface area contributed by atoms with E-state index in [2.05, 4.69) is 0 Å². The van der Waals surface area contributed by atoms with E-state index in [1.807, 2.05) is 6.92 Å². The van der Waals surface area contributed by atoms with Gasteiger partial charge in [0, 0.05) is 31.3 Å². The van der Waals surface area contributed by atoms with E-state index in [0.717, 1.165) is 11.1 Å². The van der Waals surface area contributed by atoms with E-state index in [1.165, 1.54) is 15.3 Å². The third-order valence-electron chi connectivity index (χ3n) is 5.50. The van der Waals surface area contributed by atoms with Crippen LogP contribution in [0.4, 0.5) is 10.1 Å². The lowest BCUT2D eigenvalue weighted by atomic mass is 10.1. The fraction of sp³-hybridized carbons (Fsp3) is 0.208. The first-order chi connectivity index (χ1) is 14.8. The van der Waals surface area contributed by atoms with E-state index in [4.69, 9.17) is 0 Å². The maximum Gasteiger partial charge on any atom is 0.264 e. The highest BCUT2D eigenvalue weighted by Crippen LogP contribution is 2.34. The lowest BCUT2D eigenvalue weighted by Crippen LogP contribution is -2.29. The molecule has 0 atom stereocenters. The third-order valence-corrected chi connectivity index (χ3v) is 7.33. The molecule has 0 saturated carbocycles. The fourth-order valence-corrected chi connectivity index (χ4v) is 5.27. The average Bonchev–Trinajstić information content (AvgIpc) is 3.19. The van der Waals surface area contributed by atoms with Crippen LogP contribution in [0.25, 0.3) is 0 Å². The summed E-state index contributed by atoms with van der Waals surface area (Å²) in [5, 5.41) is 0. The molecule has 0 spiro atoms. The molecule has 160 valence electrons. The molecule has 1 amide bonds. The molecule has 0 radical (unpaired) electrons. The summed E-state index contributed by atoms with van der Waals surface area (Å²) in [7, 11) is -2.05. The summed E-state index contributed by atoms with van der Waals surface area (Å²) in [5.41, 5.74) is 3.28. The summed E-state index contributed by atoms with van der Waals surface area (Å²) in [6.45, 7) is 2.38. The van der Waals surface area contributed by atoms with E-state index in [-0.39, 0.29) is 23.2 Å². The number of carbonyl (C=O) groups is 1. The van der Waals surface area contributed by atoms with Crippen molar-refractivity contribution in [2.24, 2.45) is 0 Å². The van der Waals surface area contributed by atoms with Crippen molar-refractivity contribution in [3.05, 3.63) is 94.8 Å². The van der Waals surface area contributed by atoms with Gasteiger partial charge in [-0.15, -0.1) is 0 Å². The van der Waals surface area contributed by atoms with Crippen LogP contribution in [0.3, 0.4) is 0 Å². The zero-order valence-electron chi connectivity index (χ0n) is 17.4. The Morgan fingerprint density at radius 3 is 2.48 bits per heavy atom. The van der Waals surface area contributed by atoms with Crippen molar-refractivity contribution in [2.75, 3.05) is 17.9 Å². The molecule has 31 heavy (non-hydrogen) atoms. The Hall–Kier alpha value is -3.19. The number of hydrogen-bond acceptors (Lipinski definition) is 3. The summed E-state index contributed by atoms with van der Waals surface area (Å²) >= 11 is 0. The number of nitrogens with zero attached hydrogens (tertiary/aromatic N) is 2. The molecule has 0 fully saturated rings. The molecule has 1 heterocycles. The van der Waals surface area contributed by atoms with Gasteiger partial charge in [0.2, 0.25) is 0 Å². The number of amides is 1. The van der Waals surface area contributed by atoms with Crippen LogP contribution in [0.2, 0.25) is 0 Å². The zero-order valence-corrected chi connectivity index (χ0v) is 18.2. The Morgan fingerprint density at radius 1 is 1.06 bits per heavy atom. The number of halogens is 1. The van der Waals surface area contributed by atoms with Gasteiger partial charge in [0.1, 0.15) is 5.82 Å². The molecular formula is C24H23FN2O3S. The Morgan fingerprint density at radius 2 is 1.77 bits per heavy atom. The highest BCUT2D eigenvalue weighted by atomic mass is 32.2. The molecule has 0 aromatic heterocycles. The third kappa shape index (κ3) is 4.05. The maximum absolute atomic E-state index is 13.9. The predicted octanol–water partition coefficient (Wildman–Crippen LogP) is 4.16. The minimum atomic E-state index is -3.67. The van der Waals surface area contributed by atoms with Crippen LogP contribution in [-0.4, -0.2) is 32.8 Å². The van der Waals surface area contributed by atoms with Gasteiger partial charge in [-0.3, -0.25) is 9.10 Å². The molecule has 5 nitrogen and oxygen atoms in total. The molecule has 0 bridgehead atoms. The Bertz CT molecular complexity index is 1240. The quantitative estimate of drug-likeness (QED) is 0.601. The van der Waals surface area contributed by atoms with Gasteiger partial charge in [-0.25, -0.2) is 12.8 Å². The smallest absolute Gasteiger partial charge is 0.264 e. The van der Waals surface area contributed by atoms with Crippen LogP contribution in [0.1, 0.15) is 27.0 Å². The van der Waals surface area contributed by atoms with Crippen molar-refractivity contribution < 1.29 is 17.6 Å². The topological polar surface area (TPSA) is 57.7 Å². The number of hydrogen-bond donors (Lipinski definition) is 0. The van der Waals surface area contributed by atoms with E-state index in [1.54, 1.807) is 67.7 Å². The van der Waals surface area contributed by atoms with E-state index >= 15 is 0 Å². The first kappa shape index (κ1) is 21.1. The van der Waals surface area contributed by atoms with Crippen LogP contribution in [0.15, 0.2) is 71.6 Å². The standard InChI is InChI=1S/C24H23FN2O3S/c1-17-7-10-21(11-8-17)31(29,30)27-14-13-18-15-19(9-12-23(18)27)24(28)26(2)16-20-5-3-4-6-22(20)25/h3-12,15H,13-14,16H2,1-2H3. The summed E-state index contributed by atoms with van der Waals surface area (Å²) in [6.07, 6.45) is 0.526. The normalized spacial score (nSPS) is 13.2. The van der Waals surface area contributed by atoms with Crippen molar-refractivity contribution in [1.29, 1.82) is 0 Å². The SMILES string of the molecule is Cc1ccc(S(=O)(=O)N2CCc3cc(C(=O)N(C)Cc4ccccc4F)ccc32)cc1. The number of fused-ring (bicyclic) bond motifs is 1. The fourth-order valence-electron chi connectivity index (χ4n) is 3.77. The highest BCUT2D eigenvalue weighted by Gasteiger charge is 2.31. The van der Waals surface area contributed by atoms with Crippen LogP contribution >= 0.6 is 0 Å². The molecule has 0 unspecified atom stereocenters. The van der Waals surface area contributed by atoms with E-state index in [0.29, 0.717) is 29.8 Å². The van der Waals surface area contributed by atoms with Crippen LogP contribution in [0.5, 0.6) is 0 Å². The average molecular weight is 439 g/mol.